The van der Waals surface area contributed by atoms with Crippen LogP contribution in [0.2, 0.25) is 0 Å². The van der Waals surface area contributed by atoms with Gasteiger partial charge in [-0.05, 0) is 6.92 Å². The van der Waals surface area contributed by atoms with Crippen LogP contribution in [0.4, 0.5) is 0 Å². The van der Waals surface area contributed by atoms with Crippen LogP contribution < -0.4 is 0 Å². The van der Waals surface area contributed by atoms with Crippen LogP contribution in [-0.4, -0.2) is 15.1 Å². The van der Waals surface area contributed by atoms with Gasteiger partial charge in [-0.3, -0.25) is 0 Å². The van der Waals surface area contributed by atoms with E-state index in [1.165, 1.54) is 11.3 Å². The van der Waals surface area contributed by atoms with E-state index >= 15 is 0 Å². The van der Waals surface area contributed by atoms with Crippen molar-refractivity contribution >= 4 is 22.7 Å². The molecule has 2 rings (SSSR count). The summed E-state index contributed by atoms with van der Waals surface area (Å²) in [6.07, 6.45) is 1.74. The van der Waals surface area contributed by atoms with E-state index in [4.69, 9.17) is 0 Å². The Morgan fingerprint density at radius 3 is 2.93 bits per heavy atom. The number of aliphatic hydroxyl groups excluding tert-OH is 1. The molecular formula is C9H10N2OS2. The average molecular weight is 226 g/mol. The average Bonchev–Trinajstić information content (AvgIpc) is 2.75. The lowest BCUT2D eigenvalue weighted by Crippen LogP contribution is -2.01. The summed E-state index contributed by atoms with van der Waals surface area (Å²) >= 11 is 3.08. The Morgan fingerprint density at radius 1 is 1.50 bits per heavy atom. The highest BCUT2D eigenvalue weighted by molar-refractivity contribution is 7.09. The summed E-state index contributed by atoms with van der Waals surface area (Å²) in [5.41, 5.74) is 0.940. The second-order valence-corrected chi connectivity index (χ2v) is 4.94. The van der Waals surface area contributed by atoms with Crippen molar-refractivity contribution < 1.29 is 5.11 Å². The molecule has 1 N–H and O–H groups in total. The van der Waals surface area contributed by atoms with Crippen molar-refractivity contribution in [2.24, 2.45) is 0 Å². The normalized spacial score (nSPS) is 13.0. The maximum atomic E-state index is 9.78. The summed E-state index contributed by atoms with van der Waals surface area (Å²) in [5.74, 6) is 0. The van der Waals surface area contributed by atoms with E-state index in [1.807, 2.05) is 17.7 Å². The minimum Gasteiger partial charge on any atom is -0.386 e. The first kappa shape index (κ1) is 9.76. The largest absolute Gasteiger partial charge is 0.386 e. The zero-order valence-corrected chi connectivity index (χ0v) is 9.31. The Hall–Kier alpha value is -0.780. The lowest BCUT2D eigenvalue weighted by molar-refractivity contribution is 0.177. The molecule has 0 fully saturated rings. The third-order valence-electron chi connectivity index (χ3n) is 1.81. The molecule has 0 spiro atoms. The van der Waals surface area contributed by atoms with Gasteiger partial charge in [0.2, 0.25) is 0 Å². The van der Waals surface area contributed by atoms with Gasteiger partial charge in [0.15, 0.2) is 0 Å². The number of hydrogen-bond acceptors (Lipinski definition) is 5. The Bertz CT molecular complexity index is 397. The molecule has 0 saturated carbocycles. The molecule has 2 heterocycles. The fraction of sp³-hybridized carbons (Fsp3) is 0.333. The van der Waals surface area contributed by atoms with Gasteiger partial charge < -0.3 is 5.11 Å². The van der Waals surface area contributed by atoms with Gasteiger partial charge in [-0.15, -0.1) is 22.7 Å². The van der Waals surface area contributed by atoms with Crippen molar-refractivity contribution in [3.05, 3.63) is 32.7 Å². The predicted octanol–water partition coefficient (Wildman–Crippen LogP) is 2.18. The minimum absolute atomic E-state index is 0.517. The molecule has 0 aliphatic rings. The van der Waals surface area contributed by atoms with Crippen LogP contribution >= 0.6 is 22.7 Å². The van der Waals surface area contributed by atoms with Crippen LogP contribution in [0.1, 0.15) is 21.8 Å². The quantitative estimate of drug-likeness (QED) is 0.872. The molecular weight excluding hydrogens is 216 g/mol. The SMILES string of the molecule is Cc1nc(CC(O)c2nccs2)cs1. The van der Waals surface area contributed by atoms with Crippen molar-refractivity contribution in [1.82, 2.24) is 9.97 Å². The topological polar surface area (TPSA) is 46.0 Å². The molecule has 0 amide bonds. The molecule has 0 saturated heterocycles. The highest BCUT2D eigenvalue weighted by atomic mass is 32.1. The van der Waals surface area contributed by atoms with Crippen molar-refractivity contribution in [1.29, 1.82) is 0 Å². The molecule has 1 unspecified atom stereocenters. The van der Waals surface area contributed by atoms with Crippen molar-refractivity contribution in [2.75, 3.05) is 0 Å². The van der Waals surface area contributed by atoms with Crippen LogP contribution in [0.5, 0.6) is 0 Å². The molecule has 5 heteroatoms. The maximum Gasteiger partial charge on any atom is 0.122 e. The number of rotatable bonds is 3. The number of thiazole rings is 2. The molecule has 0 aliphatic carbocycles. The van der Waals surface area contributed by atoms with Gasteiger partial charge in [0.1, 0.15) is 11.1 Å². The monoisotopic (exact) mass is 226 g/mol. The number of hydrogen-bond donors (Lipinski definition) is 1. The lowest BCUT2D eigenvalue weighted by Gasteiger charge is -2.03. The van der Waals surface area contributed by atoms with Gasteiger partial charge in [0, 0.05) is 23.4 Å². The number of nitrogens with zero attached hydrogens (tertiary/aromatic N) is 2. The summed E-state index contributed by atoms with van der Waals surface area (Å²) in [7, 11) is 0. The molecule has 3 nitrogen and oxygen atoms in total. The number of aryl methyl sites for hydroxylation is 1. The first-order valence-electron chi connectivity index (χ1n) is 4.24. The second-order valence-electron chi connectivity index (χ2n) is 2.95. The fourth-order valence-corrected chi connectivity index (χ4v) is 2.44. The molecule has 14 heavy (non-hydrogen) atoms. The molecule has 2 aromatic heterocycles. The smallest absolute Gasteiger partial charge is 0.122 e. The van der Waals surface area contributed by atoms with Gasteiger partial charge in [-0.25, -0.2) is 9.97 Å². The first-order valence-corrected chi connectivity index (χ1v) is 6.00. The highest BCUT2D eigenvalue weighted by Gasteiger charge is 2.12. The molecule has 0 aliphatic heterocycles. The van der Waals surface area contributed by atoms with Gasteiger partial charge in [0.25, 0.3) is 0 Å². The molecule has 2 aromatic rings. The second kappa shape index (κ2) is 4.16. The Kier molecular flexibility index (Phi) is 2.90. The zero-order chi connectivity index (χ0) is 9.97. The van der Waals surface area contributed by atoms with Crippen molar-refractivity contribution in [3.8, 4) is 0 Å². The summed E-state index contributed by atoms with van der Waals surface area (Å²) in [6.45, 7) is 1.96. The van der Waals surface area contributed by atoms with Gasteiger partial charge >= 0.3 is 0 Å². The van der Waals surface area contributed by atoms with E-state index in [2.05, 4.69) is 9.97 Å². The molecule has 74 valence electrons. The van der Waals surface area contributed by atoms with E-state index in [1.54, 1.807) is 17.5 Å². The van der Waals surface area contributed by atoms with E-state index < -0.39 is 6.10 Å². The van der Waals surface area contributed by atoms with E-state index in [-0.39, 0.29) is 0 Å². The summed E-state index contributed by atoms with van der Waals surface area (Å²) < 4.78 is 0. The maximum absolute atomic E-state index is 9.78. The zero-order valence-electron chi connectivity index (χ0n) is 7.67. The third kappa shape index (κ3) is 2.17. The Labute approximate surface area is 90.1 Å². The van der Waals surface area contributed by atoms with Crippen molar-refractivity contribution in [2.45, 2.75) is 19.4 Å². The summed E-state index contributed by atoms with van der Waals surface area (Å²) in [4.78, 5) is 8.36. The Morgan fingerprint density at radius 2 is 2.36 bits per heavy atom. The van der Waals surface area contributed by atoms with Gasteiger partial charge in [-0.1, -0.05) is 0 Å². The van der Waals surface area contributed by atoms with Gasteiger partial charge in [0.05, 0.1) is 10.7 Å². The predicted molar refractivity (Wildman–Crippen MR) is 57.6 cm³/mol. The van der Waals surface area contributed by atoms with Crippen LogP contribution in [0.25, 0.3) is 0 Å². The molecule has 1 atom stereocenters. The van der Waals surface area contributed by atoms with E-state index in [0.717, 1.165) is 15.7 Å². The number of aliphatic hydroxyl groups is 1. The standard InChI is InChI=1S/C9H10N2OS2/c1-6-11-7(5-14-6)4-8(12)9-10-2-3-13-9/h2-3,5,8,12H,4H2,1H3. The van der Waals surface area contributed by atoms with Crippen molar-refractivity contribution in [3.63, 3.8) is 0 Å². The Balaban J connectivity index is 2.05. The molecule has 0 bridgehead atoms. The van der Waals surface area contributed by atoms with Crippen LogP contribution in [-0.2, 0) is 6.42 Å². The van der Waals surface area contributed by atoms with E-state index in [0.29, 0.717) is 6.42 Å². The number of aromatic nitrogens is 2. The summed E-state index contributed by atoms with van der Waals surface area (Å²) in [6, 6.07) is 0. The van der Waals surface area contributed by atoms with Crippen LogP contribution in [0.3, 0.4) is 0 Å². The van der Waals surface area contributed by atoms with E-state index in [9.17, 15) is 5.11 Å². The minimum atomic E-state index is -0.517. The summed E-state index contributed by atoms with van der Waals surface area (Å²) in [5, 5.41) is 15.4. The third-order valence-corrected chi connectivity index (χ3v) is 3.50. The molecule has 0 radical (unpaired) electrons. The lowest BCUT2D eigenvalue weighted by atomic mass is 10.2. The first-order chi connectivity index (χ1) is 6.75. The van der Waals surface area contributed by atoms with Crippen LogP contribution in [0.15, 0.2) is 17.0 Å². The molecule has 0 aromatic carbocycles. The highest BCUT2D eigenvalue weighted by Crippen LogP contribution is 2.20. The van der Waals surface area contributed by atoms with Gasteiger partial charge in [-0.2, -0.15) is 0 Å². The van der Waals surface area contributed by atoms with Crippen LogP contribution in [0, 0.1) is 6.92 Å². The fourth-order valence-electron chi connectivity index (χ4n) is 1.19.